The van der Waals surface area contributed by atoms with Gasteiger partial charge >= 0.3 is 0 Å². The molecule has 2 aromatic heterocycles. The molecule has 4 aromatic carbocycles. The molecule has 0 aliphatic rings. The van der Waals surface area contributed by atoms with Crippen LogP contribution in [0.5, 0.6) is 0 Å². The molecule has 0 N–H and O–H groups in total. The van der Waals surface area contributed by atoms with E-state index >= 15 is 0 Å². The van der Waals surface area contributed by atoms with Gasteiger partial charge in [-0.2, -0.15) is 0 Å². The molecule has 0 unspecified atom stereocenters. The van der Waals surface area contributed by atoms with Crippen LogP contribution >= 0.6 is 11.6 Å². The molecule has 0 aliphatic carbocycles. The molecule has 0 fully saturated rings. The molecular formula is C24H14ClNO. The largest absolute Gasteiger partial charge is 0.454 e. The predicted octanol–water partition coefficient (Wildman–Crippen LogP) is 7.34. The topological polar surface area (TPSA) is 18.1 Å². The van der Waals surface area contributed by atoms with Gasteiger partial charge in [-0.05, 0) is 36.3 Å². The lowest BCUT2D eigenvalue weighted by molar-refractivity contribution is 0.669. The molecule has 128 valence electrons. The molecule has 0 bridgehead atoms. The Hall–Kier alpha value is -3.23. The van der Waals surface area contributed by atoms with Gasteiger partial charge in [-0.3, -0.25) is 0 Å². The quantitative estimate of drug-likeness (QED) is 0.295. The SMILES string of the molecule is [2H]c1cc(Cl)c2oc3c([2H])c([2H])c(-n4c5ccccc5c5ccccc54)c([2H])c3c2c1[2H]. The van der Waals surface area contributed by atoms with Crippen LogP contribution in [0.1, 0.15) is 6.85 Å². The van der Waals surface area contributed by atoms with E-state index in [0.717, 1.165) is 21.8 Å². The molecule has 6 aromatic rings. The van der Waals surface area contributed by atoms with Crippen LogP contribution in [0.15, 0.2) is 89.2 Å². The monoisotopic (exact) mass is 372 g/mol. The van der Waals surface area contributed by atoms with Crippen LogP contribution in [0.25, 0.3) is 49.4 Å². The summed E-state index contributed by atoms with van der Waals surface area (Å²) in [6.07, 6.45) is 0. The summed E-state index contributed by atoms with van der Waals surface area (Å²) >= 11 is 6.27. The second kappa shape index (κ2) is 5.38. The molecule has 0 saturated heterocycles. The molecule has 2 heterocycles. The van der Waals surface area contributed by atoms with Crippen LogP contribution < -0.4 is 0 Å². The Balaban J connectivity index is 1.88. The van der Waals surface area contributed by atoms with Gasteiger partial charge in [0.05, 0.1) is 22.9 Å². The van der Waals surface area contributed by atoms with Gasteiger partial charge in [0.1, 0.15) is 5.58 Å². The average molecular weight is 373 g/mol. The molecule has 2 nitrogen and oxygen atoms in total. The maximum absolute atomic E-state index is 9.07. The number of aromatic nitrogens is 1. The van der Waals surface area contributed by atoms with Gasteiger partial charge in [0.25, 0.3) is 0 Å². The number of nitrogens with zero attached hydrogens (tertiary/aromatic N) is 1. The van der Waals surface area contributed by atoms with Crippen molar-refractivity contribution in [1.82, 2.24) is 4.57 Å². The molecule has 3 heteroatoms. The zero-order valence-corrected chi connectivity index (χ0v) is 14.7. The van der Waals surface area contributed by atoms with Crippen molar-refractivity contribution >= 4 is 55.3 Å². The Morgan fingerprint density at radius 2 is 1.48 bits per heavy atom. The van der Waals surface area contributed by atoms with E-state index in [2.05, 4.69) is 0 Å². The van der Waals surface area contributed by atoms with Gasteiger partial charge in [0.2, 0.25) is 0 Å². The van der Waals surface area contributed by atoms with Crippen LogP contribution in [0, 0.1) is 0 Å². The fraction of sp³-hybridized carbons (Fsp3) is 0. The first-order valence-corrected chi connectivity index (χ1v) is 8.88. The fourth-order valence-electron chi connectivity index (χ4n) is 3.70. The van der Waals surface area contributed by atoms with Crippen molar-refractivity contribution in [2.75, 3.05) is 0 Å². The van der Waals surface area contributed by atoms with E-state index in [1.54, 1.807) is 0 Å². The second-order valence-corrected chi connectivity index (χ2v) is 6.77. The van der Waals surface area contributed by atoms with Crippen molar-refractivity contribution in [3.05, 3.63) is 89.8 Å². The molecule has 0 spiro atoms. The Morgan fingerprint density at radius 3 is 2.22 bits per heavy atom. The van der Waals surface area contributed by atoms with Crippen LogP contribution in [0.2, 0.25) is 5.02 Å². The summed E-state index contributed by atoms with van der Waals surface area (Å²) in [5.74, 6) is 0. The molecule has 0 amide bonds. The molecule has 6 rings (SSSR count). The summed E-state index contributed by atoms with van der Waals surface area (Å²) in [6, 6.07) is 16.2. The first-order chi connectivity index (χ1) is 15.4. The van der Waals surface area contributed by atoms with Crippen molar-refractivity contribution in [3.63, 3.8) is 0 Å². The Kier molecular flexibility index (Phi) is 2.15. The van der Waals surface area contributed by atoms with E-state index in [1.165, 1.54) is 6.07 Å². The lowest BCUT2D eigenvalue weighted by atomic mass is 10.1. The lowest BCUT2D eigenvalue weighted by Crippen LogP contribution is -1.93. The summed E-state index contributed by atoms with van der Waals surface area (Å²) in [4.78, 5) is 0. The van der Waals surface area contributed by atoms with Crippen LogP contribution in [0.4, 0.5) is 0 Å². The van der Waals surface area contributed by atoms with E-state index < -0.39 is 0 Å². The number of hydrogen-bond acceptors (Lipinski definition) is 1. The molecule has 0 saturated carbocycles. The average Bonchev–Trinajstić information content (AvgIpc) is 3.35. The molecule has 27 heavy (non-hydrogen) atoms. The first kappa shape index (κ1) is 10.8. The third kappa shape index (κ3) is 2.02. The van der Waals surface area contributed by atoms with Crippen LogP contribution in [0.3, 0.4) is 0 Å². The molecule has 0 radical (unpaired) electrons. The van der Waals surface area contributed by atoms with Crippen LogP contribution in [-0.2, 0) is 0 Å². The van der Waals surface area contributed by atoms with E-state index in [-0.39, 0.29) is 62.9 Å². The number of hydrogen-bond donors (Lipinski definition) is 0. The van der Waals surface area contributed by atoms with Gasteiger partial charge < -0.3 is 8.98 Å². The molecule has 0 atom stereocenters. The molecule has 0 aliphatic heterocycles. The van der Waals surface area contributed by atoms with Gasteiger partial charge in [0.15, 0.2) is 5.58 Å². The van der Waals surface area contributed by atoms with Gasteiger partial charge in [-0.1, -0.05) is 60.1 Å². The Labute approximate surface area is 167 Å². The van der Waals surface area contributed by atoms with Gasteiger partial charge in [0, 0.05) is 27.2 Å². The summed E-state index contributed by atoms with van der Waals surface area (Å²) in [5.41, 5.74) is 2.04. The van der Waals surface area contributed by atoms with Gasteiger partial charge in [-0.15, -0.1) is 0 Å². The van der Waals surface area contributed by atoms with Crippen molar-refractivity contribution in [3.8, 4) is 5.69 Å². The predicted molar refractivity (Wildman–Crippen MR) is 113 cm³/mol. The van der Waals surface area contributed by atoms with Crippen molar-refractivity contribution < 1.29 is 11.3 Å². The third-order valence-electron chi connectivity index (χ3n) is 4.86. The number of furan rings is 1. The summed E-state index contributed by atoms with van der Waals surface area (Å²) in [6.45, 7) is 0. The van der Waals surface area contributed by atoms with E-state index in [1.807, 2.05) is 53.1 Å². The third-order valence-corrected chi connectivity index (χ3v) is 5.14. The van der Waals surface area contributed by atoms with Crippen molar-refractivity contribution in [1.29, 1.82) is 0 Å². The second-order valence-electron chi connectivity index (χ2n) is 6.37. The lowest BCUT2D eigenvalue weighted by Gasteiger charge is -2.07. The summed E-state index contributed by atoms with van der Waals surface area (Å²) in [5, 5.41) is 2.53. The number of rotatable bonds is 1. The highest BCUT2D eigenvalue weighted by atomic mass is 35.5. The zero-order valence-electron chi connectivity index (χ0n) is 18.9. The zero-order chi connectivity index (χ0) is 22.3. The Morgan fingerprint density at radius 1 is 0.778 bits per heavy atom. The van der Waals surface area contributed by atoms with E-state index in [0.29, 0.717) is 0 Å². The highest BCUT2D eigenvalue weighted by Crippen LogP contribution is 2.36. The maximum atomic E-state index is 9.07. The maximum Gasteiger partial charge on any atom is 0.153 e. The Bertz CT molecular complexity index is 1700. The summed E-state index contributed by atoms with van der Waals surface area (Å²) < 4.78 is 50.6. The normalized spacial score (nSPS) is 14.5. The van der Waals surface area contributed by atoms with E-state index in [9.17, 15) is 0 Å². The number of benzene rings is 4. The highest BCUT2D eigenvalue weighted by molar-refractivity contribution is 6.35. The number of halogens is 1. The minimum Gasteiger partial charge on any atom is -0.454 e. The minimum absolute atomic E-state index is 0.0283. The van der Waals surface area contributed by atoms with E-state index in [4.69, 9.17) is 22.9 Å². The first-order valence-electron chi connectivity index (χ1n) is 11.0. The number of fused-ring (bicyclic) bond motifs is 6. The highest BCUT2D eigenvalue weighted by Gasteiger charge is 2.14. The minimum atomic E-state index is -0.189. The smallest absolute Gasteiger partial charge is 0.153 e. The standard InChI is InChI=1S/C24H14ClNO/c25-20-9-5-8-18-19-14-15(12-13-23(19)27-24(18)20)26-21-10-3-1-6-16(21)17-7-2-4-11-22(17)26/h1-14H/i5D,8D,12D,13D,14D. The summed E-state index contributed by atoms with van der Waals surface area (Å²) in [7, 11) is 0. The van der Waals surface area contributed by atoms with Gasteiger partial charge in [-0.25, -0.2) is 0 Å². The van der Waals surface area contributed by atoms with Crippen molar-refractivity contribution in [2.45, 2.75) is 0 Å². The fourth-order valence-corrected chi connectivity index (χ4v) is 3.89. The molecular weight excluding hydrogens is 354 g/mol. The van der Waals surface area contributed by atoms with Crippen molar-refractivity contribution in [2.24, 2.45) is 0 Å². The van der Waals surface area contributed by atoms with Crippen LogP contribution in [-0.4, -0.2) is 4.57 Å². The number of para-hydroxylation sites is 3.